The zero-order valence-electron chi connectivity index (χ0n) is 17.6. The summed E-state index contributed by atoms with van der Waals surface area (Å²) in [5.41, 5.74) is 6.88. The van der Waals surface area contributed by atoms with Crippen molar-refractivity contribution in [2.45, 2.75) is 45.6 Å². The van der Waals surface area contributed by atoms with Gasteiger partial charge in [-0.25, -0.2) is 5.43 Å². The molecule has 1 amide bonds. The third-order valence-electron chi connectivity index (χ3n) is 5.52. The van der Waals surface area contributed by atoms with Crippen molar-refractivity contribution in [3.63, 3.8) is 0 Å². The molecule has 1 aliphatic rings. The number of anilines is 1. The van der Waals surface area contributed by atoms with Gasteiger partial charge in [-0.15, -0.1) is 0 Å². The summed E-state index contributed by atoms with van der Waals surface area (Å²) < 4.78 is 6.23. The first-order chi connectivity index (χ1) is 13.8. The molecule has 154 valence electrons. The van der Waals surface area contributed by atoms with Gasteiger partial charge < -0.3 is 9.64 Å². The predicted molar refractivity (Wildman–Crippen MR) is 127 cm³/mol. The molecule has 1 atom stereocenters. The van der Waals surface area contributed by atoms with Crippen LogP contribution in [0.5, 0.6) is 5.75 Å². The van der Waals surface area contributed by atoms with Crippen LogP contribution in [0.1, 0.15) is 61.5 Å². The summed E-state index contributed by atoms with van der Waals surface area (Å²) >= 11 is 2.17. The molecule has 0 bridgehead atoms. The Morgan fingerprint density at radius 1 is 1.34 bits per heavy atom. The lowest BCUT2D eigenvalue weighted by Gasteiger charge is -2.47. The van der Waals surface area contributed by atoms with E-state index in [0.717, 1.165) is 22.1 Å². The normalized spacial score (nSPS) is 17.9. The van der Waals surface area contributed by atoms with Gasteiger partial charge in [0, 0.05) is 23.3 Å². The Labute approximate surface area is 186 Å². The fourth-order valence-electron chi connectivity index (χ4n) is 4.22. The summed E-state index contributed by atoms with van der Waals surface area (Å²) in [5, 5.41) is 4.16. The standard InChI is InChI=1S/C23H28IN3O2/c1-6-27-20-10-7-16(11-18(20)15(2)13-23(27,3)4)14-25-26-22(28)17-8-9-19(24)21(12-17)29-5/h7-12,14-15H,6,13H2,1-5H3,(H,26,28)/b25-14+/t15-/m1/s1. The number of nitrogens with one attached hydrogen (secondary N) is 1. The number of amides is 1. The van der Waals surface area contributed by atoms with Crippen LogP contribution in [0, 0.1) is 3.57 Å². The van der Waals surface area contributed by atoms with Crippen LogP contribution in [0.4, 0.5) is 5.69 Å². The summed E-state index contributed by atoms with van der Waals surface area (Å²) in [7, 11) is 1.59. The van der Waals surface area contributed by atoms with E-state index >= 15 is 0 Å². The molecule has 1 aliphatic heterocycles. The third-order valence-corrected chi connectivity index (χ3v) is 6.41. The van der Waals surface area contributed by atoms with Crippen molar-refractivity contribution in [2.24, 2.45) is 5.10 Å². The molecule has 1 N–H and O–H groups in total. The molecule has 0 unspecified atom stereocenters. The minimum atomic E-state index is -0.263. The summed E-state index contributed by atoms with van der Waals surface area (Å²) in [6.07, 6.45) is 2.81. The number of hydrazone groups is 1. The lowest BCUT2D eigenvalue weighted by molar-refractivity contribution is 0.0954. The Bertz CT molecular complexity index is 940. The second-order valence-corrected chi connectivity index (χ2v) is 9.19. The van der Waals surface area contributed by atoms with Crippen LogP contribution in [0.15, 0.2) is 41.5 Å². The van der Waals surface area contributed by atoms with Gasteiger partial charge in [0.25, 0.3) is 5.91 Å². The average molecular weight is 505 g/mol. The molecular weight excluding hydrogens is 477 g/mol. The van der Waals surface area contributed by atoms with Crippen LogP contribution >= 0.6 is 22.6 Å². The maximum absolute atomic E-state index is 12.4. The molecule has 0 spiro atoms. The second kappa shape index (κ2) is 8.73. The summed E-state index contributed by atoms with van der Waals surface area (Å²) in [6.45, 7) is 10.1. The summed E-state index contributed by atoms with van der Waals surface area (Å²) in [5.74, 6) is 0.889. The first-order valence-corrected chi connectivity index (χ1v) is 10.9. The molecule has 3 rings (SSSR count). The van der Waals surface area contributed by atoms with Crippen molar-refractivity contribution in [3.05, 3.63) is 56.7 Å². The molecule has 2 aromatic rings. The first kappa shape index (κ1) is 21.6. The van der Waals surface area contributed by atoms with E-state index in [9.17, 15) is 4.79 Å². The molecule has 0 radical (unpaired) electrons. The van der Waals surface area contributed by atoms with Crippen molar-refractivity contribution in [2.75, 3.05) is 18.6 Å². The highest BCUT2D eigenvalue weighted by Gasteiger charge is 2.35. The van der Waals surface area contributed by atoms with Crippen LogP contribution in [-0.4, -0.2) is 31.3 Å². The topological polar surface area (TPSA) is 53.9 Å². The Balaban J connectivity index is 1.75. The Hall–Kier alpha value is -2.09. The van der Waals surface area contributed by atoms with E-state index in [1.54, 1.807) is 25.5 Å². The van der Waals surface area contributed by atoms with Crippen molar-refractivity contribution < 1.29 is 9.53 Å². The SMILES string of the molecule is CCN1c2ccc(/C=N/NC(=O)c3ccc(I)c(OC)c3)cc2[C@H](C)CC1(C)C. The van der Waals surface area contributed by atoms with Crippen molar-refractivity contribution in [1.29, 1.82) is 0 Å². The van der Waals surface area contributed by atoms with E-state index in [1.807, 2.05) is 6.07 Å². The monoisotopic (exact) mass is 505 g/mol. The van der Waals surface area contributed by atoms with Crippen LogP contribution in [0.25, 0.3) is 0 Å². The molecule has 0 saturated heterocycles. The van der Waals surface area contributed by atoms with E-state index < -0.39 is 0 Å². The van der Waals surface area contributed by atoms with Gasteiger partial charge in [0.05, 0.1) is 16.9 Å². The number of halogens is 1. The quantitative estimate of drug-likeness (QED) is 0.347. The molecule has 6 heteroatoms. The number of hydrogen-bond acceptors (Lipinski definition) is 4. The number of ether oxygens (including phenoxy) is 1. The smallest absolute Gasteiger partial charge is 0.271 e. The van der Waals surface area contributed by atoms with Gasteiger partial charge in [0.15, 0.2) is 0 Å². The lowest BCUT2D eigenvalue weighted by Crippen LogP contribution is -2.48. The number of fused-ring (bicyclic) bond motifs is 1. The second-order valence-electron chi connectivity index (χ2n) is 8.03. The number of methoxy groups -OCH3 is 1. The molecular formula is C23H28IN3O2. The highest BCUT2D eigenvalue weighted by Crippen LogP contribution is 2.43. The van der Waals surface area contributed by atoms with E-state index in [-0.39, 0.29) is 11.4 Å². The van der Waals surface area contributed by atoms with Gasteiger partial charge in [-0.05, 0) is 97.2 Å². The van der Waals surface area contributed by atoms with Gasteiger partial charge in [-0.3, -0.25) is 4.79 Å². The number of benzene rings is 2. The van der Waals surface area contributed by atoms with E-state index in [2.05, 4.69) is 83.9 Å². The highest BCUT2D eigenvalue weighted by molar-refractivity contribution is 14.1. The first-order valence-electron chi connectivity index (χ1n) is 9.85. The lowest BCUT2D eigenvalue weighted by atomic mass is 9.79. The van der Waals surface area contributed by atoms with Gasteiger partial charge in [0.1, 0.15) is 5.75 Å². The molecule has 5 nitrogen and oxygen atoms in total. The van der Waals surface area contributed by atoms with Crippen molar-refractivity contribution in [1.82, 2.24) is 5.43 Å². The Kier molecular flexibility index (Phi) is 6.51. The molecule has 0 saturated carbocycles. The largest absolute Gasteiger partial charge is 0.496 e. The molecule has 0 aromatic heterocycles. The van der Waals surface area contributed by atoms with Gasteiger partial charge >= 0.3 is 0 Å². The number of carbonyl (C=O) groups excluding carboxylic acids is 1. The molecule has 2 aromatic carbocycles. The third kappa shape index (κ3) is 4.57. The van der Waals surface area contributed by atoms with Gasteiger partial charge in [-0.1, -0.05) is 13.0 Å². The van der Waals surface area contributed by atoms with E-state index in [4.69, 9.17) is 4.74 Å². The van der Waals surface area contributed by atoms with Gasteiger partial charge in [0.2, 0.25) is 0 Å². The van der Waals surface area contributed by atoms with Crippen molar-refractivity contribution >= 4 is 40.4 Å². The number of nitrogens with zero attached hydrogens (tertiary/aromatic N) is 2. The zero-order chi connectivity index (χ0) is 21.2. The number of carbonyl (C=O) groups is 1. The fourth-order valence-corrected chi connectivity index (χ4v) is 4.77. The Morgan fingerprint density at radius 3 is 2.79 bits per heavy atom. The summed E-state index contributed by atoms with van der Waals surface area (Å²) in [4.78, 5) is 14.8. The molecule has 1 heterocycles. The number of hydrogen-bond donors (Lipinski definition) is 1. The predicted octanol–water partition coefficient (Wildman–Crippen LogP) is 5.18. The minimum Gasteiger partial charge on any atom is -0.496 e. The average Bonchev–Trinajstić information content (AvgIpc) is 2.68. The van der Waals surface area contributed by atoms with E-state index in [0.29, 0.717) is 17.2 Å². The highest BCUT2D eigenvalue weighted by atomic mass is 127. The number of rotatable bonds is 5. The van der Waals surface area contributed by atoms with Crippen LogP contribution in [0.3, 0.4) is 0 Å². The maximum Gasteiger partial charge on any atom is 0.271 e. The Morgan fingerprint density at radius 2 is 2.10 bits per heavy atom. The van der Waals surface area contributed by atoms with Gasteiger partial charge in [-0.2, -0.15) is 5.10 Å². The zero-order valence-corrected chi connectivity index (χ0v) is 19.8. The maximum atomic E-state index is 12.4. The summed E-state index contributed by atoms with van der Waals surface area (Å²) in [6, 6.07) is 11.7. The fraction of sp³-hybridized carbons (Fsp3) is 0.391. The van der Waals surface area contributed by atoms with Crippen LogP contribution < -0.4 is 15.1 Å². The van der Waals surface area contributed by atoms with Crippen molar-refractivity contribution in [3.8, 4) is 5.75 Å². The van der Waals surface area contributed by atoms with E-state index in [1.165, 1.54) is 11.3 Å². The van der Waals surface area contributed by atoms with Crippen LogP contribution in [-0.2, 0) is 0 Å². The van der Waals surface area contributed by atoms with Crippen LogP contribution in [0.2, 0.25) is 0 Å². The molecule has 0 aliphatic carbocycles. The minimum absolute atomic E-state index is 0.152. The molecule has 29 heavy (non-hydrogen) atoms. The molecule has 0 fully saturated rings.